The van der Waals surface area contributed by atoms with Gasteiger partial charge in [-0.3, -0.25) is 4.79 Å². The Morgan fingerprint density at radius 2 is 2.05 bits per heavy atom. The van der Waals surface area contributed by atoms with Gasteiger partial charge in [0, 0.05) is 25.6 Å². The second-order valence-corrected chi connectivity index (χ2v) is 7.23. The lowest BCUT2D eigenvalue weighted by Crippen LogP contribution is -2.32. The standard InChI is InChI=1S/C16H24N2OS/c1-3-18(9-11-5-4-6-11)16-13(12-7-8-12)14(17)15(20-16)10(2)19/h11-12H,3-9,17H2,1-2H3. The Morgan fingerprint density at radius 1 is 1.35 bits per heavy atom. The first-order chi connectivity index (χ1) is 9.61. The highest BCUT2D eigenvalue weighted by Gasteiger charge is 2.34. The molecule has 3 nitrogen and oxygen atoms in total. The van der Waals surface area contributed by atoms with Crippen LogP contribution >= 0.6 is 11.3 Å². The van der Waals surface area contributed by atoms with Gasteiger partial charge in [0.15, 0.2) is 5.78 Å². The summed E-state index contributed by atoms with van der Waals surface area (Å²) in [5.74, 6) is 1.55. The van der Waals surface area contributed by atoms with Crippen LogP contribution in [0.4, 0.5) is 10.7 Å². The maximum atomic E-state index is 11.8. The Labute approximate surface area is 125 Å². The molecule has 2 aliphatic rings. The first-order valence-corrected chi connectivity index (χ1v) is 8.61. The molecule has 0 aromatic carbocycles. The molecule has 0 spiro atoms. The van der Waals surface area contributed by atoms with Crippen molar-refractivity contribution in [1.29, 1.82) is 0 Å². The van der Waals surface area contributed by atoms with E-state index in [1.165, 1.54) is 42.7 Å². The van der Waals surface area contributed by atoms with Crippen LogP contribution in [0.2, 0.25) is 0 Å². The molecule has 3 rings (SSSR count). The summed E-state index contributed by atoms with van der Waals surface area (Å²) in [6.45, 7) is 5.98. The Hall–Kier alpha value is -1.03. The second-order valence-electron chi connectivity index (χ2n) is 6.23. The molecule has 1 aromatic heterocycles. The molecule has 2 aliphatic carbocycles. The molecule has 0 atom stereocenters. The summed E-state index contributed by atoms with van der Waals surface area (Å²) in [6.07, 6.45) is 6.55. The van der Waals surface area contributed by atoms with E-state index >= 15 is 0 Å². The van der Waals surface area contributed by atoms with Crippen molar-refractivity contribution in [3.05, 3.63) is 10.4 Å². The van der Waals surface area contributed by atoms with Gasteiger partial charge >= 0.3 is 0 Å². The lowest BCUT2D eigenvalue weighted by atomic mass is 9.85. The average Bonchev–Trinajstić information content (AvgIpc) is 3.12. The van der Waals surface area contributed by atoms with Gasteiger partial charge in [-0.1, -0.05) is 6.42 Å². The summed E-state index contributed by atoms with van der Waals surface area (Å²) in [5, 5.41) is 1.28. The monoisotopic (exact) mass is 292 g/mol. The van der Waals surface area contributed by atoms with E-state index in [-0.39, 0.29) is 5.78 Å². The van der Waals surface area contributed by atoms with Crippen LogP contribution in [-0.2, 0) is 0 Å². The SMILES string of the molecule is CCN(CC1CCC1)c1sc(C(C)=O)c(N)c1C1CC1. The average molecular weight is 292 g/mol. The molecule has 1 heterocycles. The molecule has 2 fully saturated rings. The molecule has 0 saturated heterocycles. The number of nitrogens with zero attached hydrogens (tertiary/aromatic N) is 1. The summed E-state index contributed by atoms with van der Waals surface area (Å²) < 4.78 is 0. The van der Waals surface area contributed by atoms with E-state index in [0.717, 1.165) is 29.6 Å². The summed E-state index contributed by atoms with van der Waals surface area (Å²) in [5.41, 5.74) is 8.33. The van der Waals surface area contributed by atoms with Crippen LogP contribution < -0.4 is 10.6 Å². The number of carbonyl (C=O) groups excluding carboxylic acids is 1. The molecule has 110 valence electrons. The molecule has 0 unspecified atom stereocenters. The fraction of sp³-hybridized carbons (Fsp3) is 0.688. The molecular weight excluding hydrogens is 268 g/mol. The highest BCUT2D eigenvalue weighted by atomic mass is 32.1. The third-order valence-electron chi connectivity index (χ3n) is 4.64. The predicted molar refractivity (Wildman–Crippen MR) is 85.9 cm³/mol. The number of hydrogen-bond acceptors (Lipinski definition) is 4. The van der Waals surface area contributed by atoms with E-state index in [4.69, 9.17) is 5.73 Å². The van der Waals surface area contributed by atoms with Gasteiger partial charge in [-0.2, -0.15) is 0 Å². The van der Waals surface area contributed by atoms with Crippen LogP contribution in [0.1, 0.15) is 67.1 Å². The Morgan fingerprint density at radius 3 is 2.50 bits per heavy atom. The van der Waals surface area contributed by atoms with Gasteiger partial charge in [-0.25, -0.2) is 0 Å². The van der Waals surface area contributed by atoms with E-state index in [1.807, 2.05) is 0 Å². The Balaban J connectivity index is 1.92. The molecule has 1 aromatic rings. The van der Waals surface area contributed by atoms with Crippen molar-refractivity contribution < 1.29 is 4.79 Å². The maximum Gasteiger partial charge on any atom is 0.171 e. The third kappa shape index (κ3) is 2.46. The number of ketones is 1. The van der Waals surface area contributed by atoms with Crippen LogP contribution in [0.5, 0.6) is 0 Å². The molecule has 2 saturated carbocycles. The topological polar surface area (TPSA) is 46.3 Å². The minimum absolute atomic E-state index is 0.111. The summed E-state index contributed by atoms with van der Waals surface area (Å²) in [7, 11) is 0. The minimum Gasteiger partial charge on any atom is -0.397 e. The normalized spacial score (nSPS) is 18.9. The molecule has 20 heavy (non-hydrogen) atoms. The van der Waals surface area contributed by atoms with E-state index in [2.05, 4.69) is 11.8 Å². The fourth-order valence-electron chi connectivity index (χ4n) is 3.05. The quantitative estimate of drug-likeness (QED) is 0.805. The van der Waals surface area contributed by atoms with Crippen molar-refractivity contribution in [3.63, 3.8) is 0 Å². The number of Topliss-reactive ketones (excluding diaryl/α,β-unsaturated/α-hetero) is 1. The van der Waals surface area contributed by atoms with Crippen LogP contribution in [-0.4, -0.2) is 18.9 Å². The zero-order valence-corrected chi connectivity index (χ0v) is 13.3. The van der Waals surface area contributed by atoms with E-state index in [9.17, 15) is 4.79 Å². The summed E-state index contributed by atoms with van der Waals surface area (Å²) in [4.78, 5) is 15.0. The van der Waals surface area contributed by atoms with Crippen LogP contribution in [0.25, 0.3) is 0 Å². The molecule has 0 bridgehead atoms. The van der Waals surface area contributed by atoms with Gasteiger partial charge in [0.2, 0.25) is 0 Å². The number of thiophene rings is 1. The van der Waals surface area contributed by atoms with Crippen molar-refractivity contribution >= 4 is 27.8 Å². The molecule has 4 heteroatoms. The van der Waals surface area contributed by atoms with Crippen LogP contribution in [0, 0.1) is 5.92 Å². The Kier molecular flexibility index (Phi) is 3.76. The first kappa shape index (κ1) is 13.9. The molecule has 0 radical (unpaired) electrons. The van der Waals surface area contributed by atoms with Gasteiger partial charge in [0.25, 0.3) is 0 Å². The predicted octanol–water partition coefficient (Wildman–Crippen LogP) is 4.04. The molecular formula is C16H24N2OS. The van der Waals surface area contributed by atoms with Crippen molar-refractivity contribution in [2.24, 2.45) is 5.92 Å². The minimum atomic E-state index is 0.111. The zero-order valence-electron chi connectivity index (χ0n) is 12.4. The van der Waals surface area contributed by atoms with Crippen molar-refractivity contribution in [3.8, 4) is 0 Å². The smallest absolute Gasteiger partial charge is 0.171 e. The Bertz CT molecular complexity index is 515. The number of rotatable bonds is 6. The molecule has 0 aliphatic heterocycles. The number of hydrogen-bond donors (Lipinski definition) is 1. The number of nitrogens with two attached hydrogens (primary N) is 1. The largest absolute Gasteiger partial charge is 0.397 e. The second kappa shape index (κ2) is 5.40. The number of anilines is 2. The maximum absolute atomic E-state index is 11.8. The summed E-state index contributed by atoms with van der Waals surface area (Å²) in [6, 6.07) is 0. The van der Waals surface area contributed by atoms with Crippen molar-refractivity contribution in [1.82, 2.24) is 0 Å². The van der Waals surface area contributed by atoms with Gasteiger partial charge < -0.3 is 10.6 Å². The lowest BCUT2D eigenvalue weighted by Gasteiger charge is -2.33. The summed E-state index contributed by atoms with van der Waals surface area (Å²) >= 11 is 1.62. The van der Waals surface area contributed by atoms with Gasteiger partial charge in [0.1, 0.15) is 0 Å². The molecule has 0 amide bonds. The van der Waals surface area contributed by atoms with E-state index in [0.29, 0.717) is 5.92 Å². The lowest BCUT2D eigenvalue weighted by molar-refractivity contribution is 0.102. The third-order valence-corrected chi connectivity index (χ3v) is 6.02. The molecule has 2 N–H and O–H groups in total. The number of nitrogen functional groups attached to an aromatic ring is 1. The van der Waals surface area contributed by atoms with Gasteiger partial charge in [0.05, 0.1) is 15.6 Å². The van der Waals surface area contributed by atoms with E-state index in [1.54, 1.807) is 18.3 Å². The van der Waals surface area contributed by atoms with Gasteiger partial charge in [-0.05, 0) is 44.4 Å². The van der Waals surface area contributed by atoms with Crippen LogP contribution in [0.15, 0.2) is 0 Å². The first-order valence-electron chi connectivity index (χ1n) is 7.79. The van der Waals surface area contributed by atoms with Crippen molar-refractivity contribution in [2.75, 3.05) is 23.7 Å². The van der Waals surface area contributed by atoms with Gasteiger partial charge in [-0.15, -0.1) is 11.3 Å². The highest BCUT2D eigenvalue weighted by Crippen LogP contribution is 2.52. The zero-order chi connectivity index (χ0) is 14.3. The highest BCUT2D eigenvalue weighted by molar-refractivity contribution is 7.18. The number of carbonyl (C=O) groups is 1. The van der Waals surface area contributed by atoms with Crippen molar-refractivity contribution in [2.45, 2.75) is 51.9 Å². The van der Waals surface area contributed by atoms with E-state index < -0.39 is 0 Å². The fourth-order valence-corrected chi connectivity index (χ4v) is 4.33. The van der Waals surface area contributed by atoms with Crippen LogP contribution in [0.3, 0.4) is 0 Å².